The summed E-state index contributed by atoms with van der Waals surface area (Å²) >= 11 is 0. The van der Waals surface area contributed by atoms with Gasteiger partial charge < -0.3 is 10.2 Å². The first-order chi connectivity index (χ1) is 22.3. The Morgan fingerprint density at radius 3 is 1.07 bits per heavy atom. The second kappa shape index (κ2) is 11.1. The number of aliphatic hydroxyl groups excluding tert-OH is 2. The van der Waals surface area contributed by atoms with Crippen LogP contribution in [0.15, 0.2) is 143 Å². The highest BCUT2D eigenvalue weighted by Gasteiger charge is 2.57. The van der Waals surface area contributed by atoms with Crippen molar-refractivity contribution in [2.75, 3.05) is 12.3 Å². The monoisotopic (exact) mass is 638 g/mol. The maximum atomic E-state index is 12.7. The summed E-state index contributed by atoms with van der Waals surface area (Å²) in [4.78, 5) is 0. The molecular weight excluding hydrogens is 598 g/mol. The molecule has 2 N–H and O–H groups in total. The van der Waals surface area contributed by atoms with Crippen LogP contribution >= 0.6 is 15.8 Å². The van der Waals surface area contributed by atoms with Crippen LogP contribution in [0.1, 0.15) is 49.9 Å². The van der Waals surface area contributed by atoms with Crippen molar-refractivity contribution in [1.82, 2.24) is 0 Å². The van der Waals surface area contributed by atoms with Gasteiger partial charge in [-0.3, -0.25) is 0 Å². The second-order valence-electron chi connectivity index (χ2n) is 13.7. The zero-order valence-corrected chi connectivity index (χ0v) is 28.7. The fraction of sp³-hybridized carbons (Fsp3) is 0.238. The number of benzene rings is 4. The van der Waals surface area contributed by atoms with E-state index < -0.39 is 28.1 Å². The molecule has 4 aliphatic rings. The van der Waals surface area contributed by atoms with Crippen molar-refractivity contribution >= 4 is 37.6 Å². The minimum absolute atomic E-state index is 0.192. The zero-order valence-electron chi connectivity index (χ0n) is 26.9. The lowest BCUT2D eigenvalue weighted by atomic mass is 9.72. The lowest BCUT2D eigenvalue weighted by Gasteiger charge is -2.37. The molecule has 0 amide bonds. The molecule has 0 aromatic heterocycles. The van der Waals surface area contributed by atoms with Crippen molar-refractivity contribution in [2.24, 2.45) is 10.8 Å². The third-order valence-electron chi connectivity index (χ3n) is 11.1. The van der Waals surface area contributed by atoms with Crippen LogP contribution in [0.5, 0.6) is 0 Å². The van der Waals surface area contributed by atoms with Crippen LogP contribution in [0.25, 0.3) is 21.8 Å². The summed E-state index contributed by atoms with van der Waals surface area (Å²) in [5.41, 5.74) is 9.67. The second-order valence-corrected chi connectivity index (χ2v) is 17.9. The number of aliphatic hydroxyl groups is 2. The third-order valence-corrected chi connectivity index (χ3v) is 17.4. The van der Waals surface area contributed by atoms with E-state index in [9.17, 15) is 10.2 Å². The third kappa shape index (κ3) is 4.24. The molecule has 4 unspecified atom stereocenters. The van der Waals surface area contributed by atoms with Gasteiger partial charge in [0.2, 0.25) is 0 Å². The van der Waals surface area contributed by atoms with Crippen molar-refractivity contribution in [2.45, 2.75) is 39.9 Å². The normalized spacial score (nSPS) is 28.1. The summed E-state index contributed by atoms with van der Waals surface area (Å²) in [5.74, 6) is 0. The molecule has 4 aromatic rings. The summed E-state index contributed by atoms with van der Waals surface area (Å²) in [6.07, 6.45) is -0.0296. The molecule has 4 bridgehead atoms. The minimum atomic E-state index is -0.994. The molecule has 230 valence electrons. The molecule has 4 heteroatoms. The summed E-state index contributed by atoms with van der Waals surface area (Å²) in [6, 6.07) is 42.7. The molecule has 46 heavy (non-hydrogen) atoms. The lowest BCUT2D eigenvalue weighted by molar-refractivity contribution is 0.0759. The van der Waals surface area contributed by atoms with Crippen LogP contribution in [0.3, 0.4) is 0 Å². The van der Waals surface area contributed by atoms with Crippen LogP contribution in [-0.2, 0) is 0 Å². The lowest BCUT2D eigenvalue weighted by Crippen LogP contribution is -2.31. The molecule has 0 saturated carbocycles. The Labute approximate surface area is 275 Å². The smallest absolute Gasteiger partial charge is 0.110 e. The molecule has 0 radical (unpaired) electrons. The van der Waals surface area contributed by atoms with Gasteiger partial charge in [-0.15, -0.1) is 0 Å². The van der Waals surface area contributed by atoms with Gasteiger partial charge in [0.25, 0.3) is 0 Å². The predicted molar refractivity (Wildman–Crippen MR) is 197 cm³/mol. The number of hydrogen-bond donors (Lipinski definition) is 2. The highest BCUT2D eigenvalue weighted by molar-refractivity contribution is 7.74. The number of fused-ring (bicyclic) bond motifs is 4. The van der Waals surface area contributed by atoms with Gasteiger partial charge >= 0.3 is 0 Å². The Morgan fingerprint density at radius 1 is 0.478 bits per heavy atom. The van der Waals surface area contributed by atoms with Crippen LogP contribution < -0.4 is 0 Å². The van der Waals surface area contributed by atoms with E-state index in [0.717, 1.165) is 34.1 Å². The first-order valence-corrected chi connectivity index (χ1v) is 19.4. The van der Waals surface area contributed by atoms with E-state index in [1.54, 1.807) is 0 Å². The molecule has 0 aliphatic carbocycles. The molecular formula is C42H40O2P2. The first-order valence-electron chi connectivity index (χ1n) is 16.3. The largest absolute Gasteiger partial charge is 0.385 e. The van der Waals surface area contributed by atoms with E-state index >= 15 is 0 Å². The topological polar surface area (TPSA) is 40.5 Å². The summed E-state index contributed by atoms with van der Waals surface area (Å²) < 4.78 is 0. The molecule has 0 spiro atoms. The predicted octanol–water partition coefficient (Wildman–Crippen LogP) is 10.4. The number of rotatable bonds is 7. The molecule has 0 saturated heterocycles. The van der Waals surface area contributed by atoms with Crippen molar-refractivity contribution in [3.63, 3.8) is 0 Å². The molecule has 4 heterocycles. The molecule has 4 aliphatic heterocycles. The zero-order chi connectivity index (χ0) is 31.8. The van der Waals surface area contributed by atoms with Gasteiger partial charge in [0.05, 0.1) is 0 Å². The molecule has 2 nitrogen and oxygen atoms in total. The van der Waals surface area contributed by atoms with Gasteiger partial charge in [-0.2, -0.15) is 0 Å². The Hall–Kier alpha value is -3.38. The van der Waals surface area contributed by atoms with Crippen molar-refractivity contribution in [3.05, 3.63) is 165 Å². The van der Waals surface area contributed by atoms with Crippen molar-refractivity contribution in [1.29, 1.82) is 0 Å². The quantitative estimate of drug-likeness (QED) is 0.198. The fourth-order valence-corrected chi connectivity index (χ4v) is 16.4. The van der Waals surface area contributed by atoms with Crippen molar-refractivity contribution < 1.29 is 10.2 Å². The average Bonchev–Trinajstić information content (AvgIpc) is 3.75. The Balaban J connectivity index is 1.31. The Kier molecular flexibility index (Phi) is 7.24. The maximum absolute atomic E-state index is 12.7. The summed E-state index contributed by atoms with van der Waals surface area (Å²) in [6.45, 7) is 9.31. The number of allylic oxidation sites excluding steroid dienone is 4. The summed E-state index contributed by atoms with van der Waals surface area (Å²) in [7, 11) is -1.68. The molecule has 0 fully saturated rings. The Morgan fingerprint density at radius 2 is 0.761 bits per heavy atom. The highest BCUT2D eigenvalue weighted by atomic mass is 31.1. The fourth-order valence-electron chi connectivity index (χ4n) is 8.73. The van der Waals surface area contributed by atoms with Gasteiger partial charge in [0.15, 0.2) is 0 Å². The van der Waals surface area contributed by atoms with E-state index in [4.69, 9.17) is 0 Å². The van der Waals surface area contributed by atoms with Crippen LogP contribution in [0.2, 0.25) is 0 Å². The van der Waals surface area contributed by atoms with Gasteiger partial charge in [0.1, 0.15) is 12.2 Å². The SMILES string of the molecule is CC1=C(c2ccccc2)P2CC1(C)C(c1ccccc1)=C2[C@@H](O)[C@H](O)C1=C(c2ccccc2)C2(C)CP1C(c1ccccc1)=C2C. The van der Waals surface area contributed by atoms with Crippen molar-refractivity contribution in [3.8, 4) is 0 Å². The van der Waals surface area contributed by atoms with Crippen LogP contribution in [0, 0.1) is 10.8 Å². The van der Waals surface area contributed by atoms with Crippen LogP contribution in [0.4, 0.5) is 0 Å². The van der Waals surface area contributed by atoms with Crippen LogP contribution in [-0.4, -0.2) is 34.7 Å². The summed E-state index contributed by atoms with van der Waals surface area (Å²) in [5, 5.41) is 30.4. The van der Waals surface area contributed by atoms with Gasteiger partial charge in [0, 0.05) is 10.8 Å². The molecule has 4 aromatic carbocycles. The standard InChI is InChI=1S/C42H40O2P2/c1-27-37(31-21-13-7-14-22-31)45-25-41(27,3)33(29-17-9-5-10-18-29)39(45)35(43)36(44)40-34(30-19-11-6-12-20-30)42(4)26-46(40)38(28(42)2)32-23-15-8-16-24-32/h5-24,35-36,43-44H,25-26H2,1-4H3/t35-,36-,41?,42?,45?,46?/m0/s1. The van der Waals surface area contributed by atoms with Gasteiger partial charge in [-0.05, 0) is 96.7 Å². The average molecular weight is 639 g/mol. The van der Waals surface area contributed by atoms with E-state index in [-0.39, 0.29) is 10.8 Å². The van der Waals surface area contributed by atoms with Gasteiger partial charge in [-0.1, -0.05) is 146 Å². The molecule has 8 rings (SSSR count). The Bertz CT molecular complexity index is 1810. The van der Waals surface area contributed by atoms with Gasteiger partial charge in [-0.25, -0.2) is 0 Å². The highest BCUT2D eigenvalue weighted by Crippen LogP contribution is 2.81. The maximum Gasteiger partial charge on any atom is 0.110 e. The van der Waals surface area contributed by atoms with E-state index in [2.05, 4.69) is 149 Å². The van der Waals surface area contributed by atoms with E-state index in [0.29, 0.717) is 0 Å². The van der Waals surface area contributed by atoms with E-state index in [1.807, 2.05) is 0 Å². The van der Waals surface area contributed by atoms with E-state index in [1.165, 1.54) is 44.0 Å². The molecule has 6 atom stereocenters. The minimum Gasteiger partial charge on any atom is -0.385 e. The first kappa shape index (κ1) is 30.0. The number of hydrogen-bond acceptors (Lipinski definition) is 2.